The third-order valence-electron chi connectivity index (χ3n) is 1.97. The quantitative estimate of drug-likeness (QED) is 0.839. The second kappa shape index (κ2) is 5.09. The highest BCUT2D eigenvalue weighted by molar-refractivity contribution is 7.85. The Bertz CT molecular complexity index is 543. The third kappa shape index (κ3) is 3.67. The summed E-state index contributed by atoms with van der Waals surface area (Å²) < 4.78 is 27.1. The van der Waals surface area contributed by atoms with Crippen LogP contribution in [0.3, 0.4) is 0 Å². The van der Waals surface area contributed by atoms with Crippen LogP contribution in [0, 0.1) is 0 Å². The summed E-state index contributed by atoms with van der Waals surface area (Å²) in [5.74, 6) is 0. The normalized spacial score (nSPS) is 10.9. The van der Waals surface area contributed by atoms with Crippen molar-refractivity contribution in [3.05, 3.63) is 60.7 Å². The molecule has 0 unspecified atom stereocenters. The minimum absolute atomic E-state index is 0.493. The predicted molar refractivity (Wildman–Crippen MR) is 69.7 cm³/mol. The molecule has 0 spiro atoms. The van der Waals surface area contributed by atoms with Crippen LogP contribution in [0.15, 0.2) is 69.4 Å². The van der Waals surface area contributed by atoms with Crippen LogP contribution in [-0.4, -0.2) is 9.11 Å². The van der Waals surface area contributed by atoms with E-state index in [0.717, 1.165) is 0 Å². The lowest BCUT2D eigenvalue weighted by molar-refractivity contribution is 0.504. The summed E-state index contributed by atoms with van der Waals surface area (Å²) in [5, 5.41) is 0. The monoisotopic (exact) mass is 248 g/mol. The van der Waals surface area contributed by atoms with Gasteiger partial charge in [0.1, 0.15) is 0 Å². The molecule has 2 rings (SSSR count). The van der Waals surface area contributed by atoms with Crippen molar-refractivity contribution in [2.75, 3.05) is 0 Å². The average Bonchev–Trinajstić information content (AvgIpc) is 2.30. The first-order valence-electron chi connectivity index (χ1n) is 5.00. The molecule has 0 fully saturated rings. The van der Waals surface area contributed by atoms with E-state index < -0.39 is 10.2 Å². The van der Waals surface area contributed by atoms with Gasteiger partial charge in [0.2, 0.25) is 0 Å². The zero-order chi connectivity index (χ0) is 12.1. The standard InChI is InChI=1S/C12H12N2O2S/c15-17(16,13-11-7-3-1-4-8-11)14-12-9-5-2-6-10-12/h1-10H,(H2,13,14,15,16). The Balaban J connectivity index is 2.43. The van der Waals surface area contributed by atoms with Crippen LogP contribution in [0.5, 0.6) is 0 Å². The van der Waals surface area contributed by atoms with E-state index in [-0.39, 0.29) is 0 Å². The Labute approximate surface area is 100 Å². The summed E-state index contributed by atoms with van der Waals surface area (Å²) in [6.45, 7) is 0. The second-order valence-electron chi connectivity index (χ2n) is 3.34. The summed E-state index contributed by atoms with van der Waals surface area (Å²) in [6.07, 6.45) is 0. The summed E-state index contributed by atoms with van der Waals surface area (Å²) >= 11 is 0. The molecule has 4 nitrogen and oxygen atoms in total. The second-order valence-corrected chi connectivity index (χ2v) is 4.69. The Morgan fingerprint density at radius 1 is 0.647 bits per heavy atom. The Morgan fingerprint density at radius 2 is 1.00 bits per heavy atom. The topological polar surface area (TPSA) is 65.2 Å². The van der Waals surface area contributed by atoms with Crippen LogP contribution in [-0.2, 0) is 10.2 Å². The fourth-order valence-corrected chi connectivity index (χ4v) is 2.13. The van der Waals surface area contributed by atoms with Crippen LogP contribution in [0.2, 0.25) is 0 Å². The van der Waals surface area contributed by atoms with Gasteiger partial charge in [0, 0.05) is 0 Å². The highest BCUT2D eigenvalue weighted by Crippen LogP contribution is 2.17. The van der Waals surface area contributed by atoms with E-state index in [1.807, 2.05) is 12.1 Å². The minimum Gasteiger partial charge on any atom is -0.294 e. The van der Waals surface area contributed by atoms with Crippen LogP contribution >= 0.6 is 0 Å². The SMILES string of the molecule is OS(O)(=Nc1ccccc1)=Nc1ccccc1. The van der Waals surface area contributed by atoms with Gasteiger partial charge in [0.25, 0.3) is 0 Å². The molecule has 2 aromatic carbocycles. The Hall–Kier alpha value is -1.69. The van der Waals surface area contributed by atoms with Gasteiger partial charge in [-0.1, -0.05) is 36.4 Å². The first kappa shape index (κ1) is 11.8. The number of benzene rings is 2. The van der Waals surface area contributed by atoms with E-state index in [4.69, 9.17) is 0 Å². The van der Waals surface area contributed by atoms with Gasteiger partial charge in [0.05, 0.1) is 11.4 Å². The van der Waals surface area contributed by atoms with E-state index in [9.17, 15) is 9.11 Å². The molecule has 0 radical (unpaired) electrons. The number of hydrogen-bond acceptors (Lipinski definition) is 2. The maximum Gasteiger partial charge on any atom is 0.186 e. The summed E-state index contributed by atoms with van der Waals surface area (Å²) in [6, 6.07) is 17.5. The van der Waals surface area contributed by atoms with E-state index in [1.54, 1.807) is 48.5 Å². The molecule has 88 valence electrons. The Kier molecular flexibility index (Phi) is 3.53. The third-order valence-corrected chi connectivity index (χ3v) is 2.88. The van der Waals surface area contributed by atoms with Crippen molar-refractivity contribution in [2.45, 2.75) is 0 Å². The molecule has 2 N–H and O–H groups in total. The highest BCUT2D eigenvalue weighted by atomic mass is 32.2. The lowest BCUT2D eigenvalue weighted by atomic mass is 10.3. The molecule has 0 aliphatic heterocycles. The van der Waals surface area contributed by atoms with Gasteiger partial charge in [-0.15, -0.1) is 0 Å². The molecule has 0 saturated carbocycles. The molecule has 0 heterocycles. The lowest BCUT2D eigenvalue weighted by Gasteiger charge is -2.01. The van der Waals surface area contributed by atoms with Crippen LogP contribution < -0.4 is 0 Å². The van der Waals surface area contributed by atoms with Crippen LogP contribution in [0.1, 0.15) is 0 Å². The first-order chi connectivity index (χ1) is 8.16. The zero-order valence-electron chi connectivity index (χ0n) is 8.97. The lowest BCUT2D eigenvalue weighted by Crippen LogP contribution is -1.92. The minimum atomic E-state index is -3.34. The first-order valence-corrected chi connectivity index (χ1v) is 6.46. The predicted octanol–water partition coefficient (Wildman–Crippen LogP) is 4.12. The molecule has 5 heteroatoms. The van der Waals surface area contributed by atoms with E-state index in [2.05, 4.69) is 8.73 Å². The van der Waals surface area contributed by atoms with Gasteiger partial charge in [-0.05, 0) is 24.3 Å². The van der Waals surface area contributed by atoms with Gasteiger partial charge >= 0.3 is 0 Å². The largest absolute Gasteiger partial charge is 0.294 e. The molecular weight excluding hydrogens is 236 g/mol. The number of rotatable bonds is 2. The fourth-order valence-electron chi connectivity index (χ4n) is 1.28. The van der Waals surface area contributed by atoms with Gasteiger partial charge in [-0.25, -0.2) is 0 Å². The molecule has 0 atom stereocenters. The van der Waals surface area contributed by atoms with Crippen LogP contribution in [0.4, 0.5) is 11.4 Å². The molecule has 0 saturated heterocycles. The van der Waals surface area contributed by atoms with E-state index in [0.29, 0.717) is 11.4 Å². The average molecular weight is 248 g/mol. The molecule has 2 aromatic rings. The van der Waals surface area contributed by atoms with Gasteiger partial charge in [-0.3, -0.25) is 9.11 Å². The summed E-state index contributed by atoms with van der Waals surface area (Å²) in [4.78, 5) is 0. The van der Waals surface area contributed by atoms with Crippen molar-refractivity contribution in [2.24, 2.45) is 8.73 Å². The van der Waals surface area contributed by atoms with E-state index in [1.165, 1.54) is 0 Å². The molecule has 0 bridgehead atoms. The number of hydrogen-bond donors (Lipinski definition) is 2. The molecule has 0 amide bonds. The van der Waals surface area contributed by atoms with Gasteiger partial charge in [-0.2, -0.15) is 8.73 Å². The maximum absolute atomic E-state index is 9.73. The molecule has 0 aliphatic carbocycles. The van der Waals surface area contributed by atoms with Crippen molar-refractivity contribution in [1.82, 2.24) is 0 Å². The van der Waals surface area contributed by atoms with Crippen molar-refractivity contribution < 1.29 is 9.11 Å². The zero-order valence-corrected chi connectivity index (χ0v) is 9.79. The van der Waals surface area contributed by atoms with Crippen molar-refractivity contribution in [3.63, 3.8) is 0 Å². The maximum atomic E-state index is 9.73. The van der Waals surface area contributed by atoms with Gasteiger partial charge in [0.15, 0.2) is 10.2 Å². The summed E-state index contributed by atoms with van der Waals surface area (Å²) in [5.41, 5.74) is 0.986. The summed E-state index contributed by atoms with van der Waals surface area (Å²) in [7, 11) is -3.34. The highest BCUT2D eigenvalue weighted by Gasteiger charge is 1.97. The van der Waals surface area contributed by atoms with E-state index >= 15 is 0 Å². The van der Waals surface area contributed by atoms with Gasteiger partial charge < -0.3 is 0 Å². The fraction of sp³-hybridized carbons (Fsp3) is 0. The van der Waals surface area contributed by atoms with Crippen LogP contribution in [0.25, 0.3) is 0 Å². The smallest absolute Gasteiger partial charge is 0.186 e. The molecule has 0 aromatic heterocycles. The van der Waals surface area contributed by atoms with Crippen molar-refractivity contribution in [1.29, 1.82) is 0 Å². The Morgan fingerprint density at radius 3 is 1.35 bits per heavy atom. The number of nitrogens with zero attached hydrogens (tertiary/aromatic N) is 2. The molecule has 0 aliphatic rings. The van der Waals surface area contributed by atoms with Crippen molar-refractivity contribution in [3.8, 4) is 0 Å². The van der Waals surface area contributed by atoms with Crippen molar-refractivity contribution >= 4 is 21.6 Å². The molecular formula is C12H12N2O2S. The molecule has 17 heavy (non-hydrogen) atoms.